The van der Waals surface area contributed by atoms with Gasteiger partial charge in [-0.15, -0.1) is 5.10 Å². The molecule has 0 aliphatic heterocycles. The van der Waals surface area contributed by atoms with Gasteiger partial charge < -0.3 is 14.3 Å². The lowest BCUT2D eigenvalue weighted by Gasteiger charge is -2.02. The molecule has 0 saturated carbocycles. The standard InChI is InChI=1S/C21H15N3O4S/c1-27-17-7-5-14-10-13(2-4-15(14)11-17)3-6-16-8-9-18(28-16)20-22-21(24-23-20)29-12-19(25)26/h2,4-5,7-11H,12H2,1H3,(H,25,26)(H,22,23,24). The van der Waals surface area contributed by atoms with Gasteiger partial charge >= 0.3 is 5.97 Å². The molecule has 8 heteroatoms. The predicted molar refractivity (Wildman–Crippen MR) is 109 cm³/mol. The zero-order valence-corrected chi connectivity index (χ0v) is 16.1. The highest BCUT2D eigenvalue weighted by molar-refractivity contribution is 7.99. The summed E-state index contributed by atoms with van der Waals surface area (Å²) >= 11 is 1.03. The average molecular weight is 405 g/mol. The van der Waals surface area contributed by atoms with Crippen LogP contribution in [-0.2, 0) is 4.79 Å². The summed E-state index contributed by atoms with van der Waals surface area (Å²) in [4.78, 5) is 14.8. The first-order valence-electron chi connectivity index (χ1n) is 8.58. The van der Waals surface area contributed by atoms with E-state index in [0.29, 0.717) is 22.5 Å². The van der Waals surface area contributed by atoms with Crippen LogP contribution < -0.4 is 4.74 Å². The Balaban J connectivity index is 1.50. The molecule has 0 spiro atoms. The van der Waals surface area contributed by atoms with Crippen LogP contribution in [0, 0.1) is 11.8 Å². The maximum Gasteiger partial charge on any atom is 0.313 e. The molecule has 0 amide bonds. The number of ether oxygens (including phenoxy) is 1. The number of nitrogens with zero attached hydrogens (tertiary/aromatic N) is 2. The van der Waals surface area contributed by atoms with Crippen molar-refractivity contribution in [1.29, 1.82) is 0 Å². The van der Waals surface area contributed by atoms with E-state index in [9.17, 15) is 4.79 Å². The highest BCUT2D eigenvalue weighted by atomic mass is 32.2. The molecule has 4 aromatic rings. The van der Waals surface area contributed by atoms with Gasteiger partial charge in [0.05, 0.1) is 12.9 Å². The van der Waals surface area contributed by atoms with Crippen molar-refractivity contribution in [2.75, 3.05) is 12.9 Å². The Hall–Kier alpha value is -3.70. The van der Waals surface area contributed by atoms with Crippen LogP contribution in [0.4, 0.5) is 0 Å². The highest BCUT2D eigenvalue weighted by Gasteiger charge is 2.11. The number of hydrogen-bond donors (Lipinski definition) is 2. The van der Waals surface area contributed by atoms with Crippen molar-refractivity contribution in [3.63, 3.8) is 0 Å². The first-order chi connectivity index (χ1) is 14.1. The molecule has 0 unspecified atom stereocenters. The van der Waals surface area contributed by atoms with Gasteiger partial charge in [-0.1, -0.05) is 29.8 Å². The van der Waals surface area contributed by atoms with Crippen LogP contribution in [0.25, 0.3) is 22.4 Å². The highest BCUT2D eigenvalue weighted by Crippen LogP contribution is 2.23. The van der Waals surface area contributed by atoms with E-state index in [-0.39, 0.29) is 5.75 Å². The number of carbonyl (C=O) groups is 1. The molecule has 0 radical (unpaired) electrons. The van der Waals surface area contributed by atoms with Crippen molar-refractivity contribution >= 4 is 28.5 Å². The quantitative estimate of drug-likeness (QED) is 0.385. The SMILES string of the molecule is COc1ccc2cc(C#Cc3ccc(-c4nc(SCC(=O)O)n[nH]4)o3)ccc2c1. The summed E-state index contributed by atoms with van der Waals surface area (Å²) in [5.41, 5.74) is 0.868. The summed E-state index contributed by atoms with van der Waals surface area (Å²) in [5.74, 6) is 7.27. The summed E-state index contributed by atoms with van der Waals surface area (Å²) in [5, 5.41) is 17.9. The van der Waals surface area contributed by atoms with Crippen molar-refractivity contribution in [3.8, 4) is 29.2 Å². The number of carboxylic acid groups (broad SMARTS) is 1. The normalized spacial score (nSPS) is 10.5. The Morgan fingerprint density at radius 1 is 1.17 bits per heavy atom. The third-order valence-electron chi connectivity index (χ3n) is 4.01. The Kier molecular flexibility index (Phi) is 5.22. The fourth-order valence-corrected chi connectivity index (χ4v) is 3.16. The molecule has 2 aromatic heterocycles. The third kappa shape index (κ3) is 4.42. The van der Waals surface area contributed by atoms with Crippen molar-refractivity contribution in [2.45, 2.75) is 5.16 Å². The Morgan fingerprint density at radius 3 is 2.83 bits per heavy atom. The molecular weight excluding hydrogens is 390 g/mol. The third-order valence-corrected chi connectivity index (χ3v) is 4.84. The van der Waals surface area contributed by atoms with Crippen molar-refractivity contribution < 1.29 is 19.1 Å². The van der Waals surface area contributed by atoms with Crippen LogP contribution in [0.3, 0.4) is 0 Å². The lowest BCUT2D eigenvalue weighted by molar-refractivity contribution is -0.133. The number of rotatable bonds is 5. The molecule has 2 N–H and O–H groups in total. The summed E-state index contributed by atoms with van der Waals surface area (Å²) in [6, 6.07) is 15.3. The number of hydrogen-bond acceptors (Lipinski definition) is 6. The molecule has 0 aliphatic carbocycles. The Labute approximate surface area is 170 Å². The Morgan fingerprint density at radius 2 is 2.00 bits per heavy atom. The fraction of sp³-hybridized carbons (Fsp3) is 0.0952. The van der Waals surface area contributed by atoms with Crippen LogP contribution in [-0.4, -0.2) is 39.1 Å². The van der Waals surface area contributed by atoms with E-state index in [4.69, 9.17) is 14.3 Å². The monoisotopic (exact) mass is 405 g/mol. The van der Waals surface area contributed by atoms with Gasteiger partial charge in [-0.3, -0.25) is 9.89 Å². The molecule has 2 heterocycles. The summed E-state index contributed by atoms with van der Waals surface area (Å²) in [7, 11) is 1.65. The van der Waals surface area contributed by atoms with Gasteiger partial charge in [0, 0.05) is 5.56 Å². The van der Waals surface area contributed by atoms with Crippen molar-refractivity contribution in [3.05, 3.63) is 59.9 Å². The first-order valence-corrected chi connectivity index (χ1v) is 9.56. The largest absolute Gasteiger partial charge is 0.497 e. The van der Waals surface area contributed by atoms with Gasteiger partial charge in [0.15, 0.2) is 17.3 Å². The molecule has 7 nitrogen and oxygen atoms in total. The van der Waals surface area contributed by atoms with E-state index in [1.165, 1.54) is 0 Å². The zero-order chi connectivity index (χ0) is 20.2. The number of H-pyrrole nitrogens is 1. The minimum atomic E-state index is -0.926. The number of carboxylic acids is 1. The fourth-order valence-electron chi connectivity index (χ4n) is 2.64. The lowest BCUT2D eigenvalue weighted by Crippen LogP contribution is -1.97. The van der Waals surface area contributed by atoms with Crippen molar-refractivity contribution in [1.82, 2.24) is 15.2 Å². The van der Waals surface area contributed by atoms with Gasteiger partial charge in [-0.25, -0.2) is 0 Å². The average Bonchev–Trinajstić information content (AvgIpc) is 3.39. The number of aliphatic carboxylic acids is 1. The van der Waals surface area contributed by atoms with E-state index < -0.39 is 5.97 Å². The second-order valence-corrected chi connectivity index (χ2v) is 6.93. The maximum absolute atomic E-state index is 10.6. The van der Waals surface area contributed by atoms with Gasteiger partial charge in [0.2, 0.25) is 5.16 Å². The van der Waals surface area contributed by atoms with E-state index in [0.717, 1.165) is 33.8 Å². The van der Waals surface area contributed by atoms with Crippen LogP contribution in [0.1, 0.15) is 11.3 Å². The smallest absolute Gasteiger partial charge is 0.313 e. The van der Waals surface area contributed by atoms with Crippen LogP contribution >= 0.6 is 11.8 Å². The number of aromatic nitrogens is 3. The van der Waals surface area contributed by atoms with E-state index >= 15 is 0 Å². The topological polar surface area (TPSA) is 101 Å². The minimum Gasteiger partial charge on any atom is -0.497 e. The van der Waals surface area contributed by atoms with E-state index in [1.807, 2.05) is 36.4 Å². The number of thioether (sulfide) groups is 1. The summed E-state index contributed by atoms with van der Waals surface area (Å²) < 4.78 is 10.9. The van der Waals surface area contributed by atoms with Gasteiger partial charge in [-0.2, -0.15) is 4.98 Å². The van der Waals surface area contributed by atoms with E-state index in [2.05, 4.69) is 27.0 Å². The summed E-state index contributed by atoms with van der Waals surface area (Å²) in [6.07, 6.45) is 0. The molecule has 2 aromatic carbocycles. The number of fused-ring (bicyclic) bond motifs is 1. The zero-order valence-electron chi connectivity index (χ0n) is 15.3. The second kappa shape index (κ2) is 8.12. The molecule has 0 atom stereocenters. The maximum atomic E-state index is 10.6. The molecule has 0 bridgehead atoms. The van der Waals surface area contributed by atoms with Crippen molar-refractivity contribution in [2.24, 2.45) is 0 Å². The predicted octanol–water partition coefficient (Wildman–Crippen LogP) is 3.80. The molecule has 144 valence electrons. The number of methoxy groups -OCH3 is 1. The first kappa shape index (κ1) is 18.7. The Bertz CT molecular complexity index is 1250. The van der Waals surface area contributed by atoms with Crippen LogP contribution in [0.2, 0.25) is 0 Å². The minimum absolute atomic E-state index is 0.106. The van der Waals surface area contributed by atoms with Gasteiger partial charge in [0.25, 0.3) is 0 Å². The second-order valence-electron chi connectivity index (χ2n) is 5.99. The molecule has 0 fully saturated rings. The molecule has 4 rings (SSSR count). The van der Waals surface area contributed by atoms with Crippen LogP contribution in [0.5, 0.6) is 5.75 Å². The van der Waals surface area contributed by atoms with Gasteiger partial charge in [-0.05, 0) is 53.1 Å². The number of benzene rings is 2. The molecule has 0 saturated heterocycles. The van der Waals surface area contributed by atoms with Gasteiger partial charge in [0.1, 0.15) is 5.75 Å². The lowest BCUT2D eigenvalue weighted by atomic mass is 10.1. The summed E-state index contributed by atoms with van der Waals surface area (Å²) in [6.45, 7) is 0. The number of nitrogens with one attached hydrogen (secondary N) is 1. The number of furan rings is 1. The molecular formula is C21H15N3O4S. The molecule has 0 aliphatic rings. The van der Waals surface area contributed by atoms with E-state index in [1.54, 1.807) is 19.2 Å². The number of aromatic amines is 1. The van der Waals surface area contributed by atoms with Crippen LogP contribution in [0.15, 0.2) is 58.1 Å². The molecule has 29 heavy (non-hydrogen) atoms.